The molecule has 118 valence electrons. The van der Waals surface area contributed by atoms with Crippen molar-refractivity contribution in [3.05, 3.63) is 28.8 Å². The highest BCUT2D eigenvalue weighted by Gasteiger charge is 2.25. The molecule has 0 saturated carbocycles. The van der Waals surface area contributed by atoms with Crippen molar-refractivity contribution in [1.82, 2.24) is 4.90 Å². The minimum absolute atomic E-state index is 0.0146. The molecular weight excluding hydrogens is 304 g/mol. The molecule has 0 saturated heterocycles. The van der Waals surface area contributed by atoms with Crippen LogP contribution in [-0.2, 0) is 0 Å². The Morgan fingerprint density at radius 1 is 1.43 bits per heavy atom. The Hall–Kier alpha value is -0.710. The van der Waals surface area contributed by atoms with Crippen LogP contribution in [0.4, 0.5) is 0 Å². The van der Waals surface area contributed by atoms with E-state index in [0.717, 1.165) is 11.3 Å². The summed E-state index contributed by atoms with van der Waals surface area (Å²) in [6.45, 7) is 8.10. The van der Waals surface area contributed by atoms with E-state index in [1.807, 2.05) is 23.3 Å². The van der Waals surface area contributed by atoms with Crippen LogP contribution in [0.5, 0.6) is 0 Å². The van der Waals surface area contributed by atoms with Gasteiger partial charge in [-0.3, -0.25) is 4.79 Å². The lowest BCUT2D eigenvalue weighted by Crippen LogP contribution is -2.42. The Bertz CT molecular complexity index is 491. The monoisotopic (exact) mass is 328 g/mol. The topological polar surface area (TPSA) is 46.3 Å². The highest BCUT2D eigenvalue weighted by molar-refractivity contribution is 7.98. The third-order valence-electron chi connectivity index (χ3n) is 3.36. The van der Waals surface area contributed by atoms with Crippen molar-refractivity contribution < 1.29 is 4.79 Å². The molecule has 0 heterocycles. The van der Waals surface area contributed by atoms with E-state index in [-0.39, 0.29) is 11.3 Å². The van der Waals surface area contributed by atoms with E-state index in [1.54, 1.807) is 17.8 Å². The Labute approximate surface area is 137 Å². The zero-order valence-corrected chi connectivity index (χ0v) is 14.9. The standard InChI is InChI=1S/C16H25ClN2OS/c1-5-8-19(11-16(2,3)10-18)15(20)13-9-12(21-4)6-7-14(13)17/h6-7,9H,5,8,10-11,18H2,1-4H3. The van der Waals surface area contributed by atoms with Crippen LogP contribution in [0.3, 0.4) is 0 Å². The Balaban J connectivity index is 3.05. The van der Waals surface area contributed by atoms with Crippen LogP contribution < -0.4 is 5.73 Å². The van der Waals surface area contributed by atoms with Crippen LogP contribution in [0.2, 0.25) is 5.02 Å². The number of carbonyl (C=O) groups excluding carboxylic acids is 1. The summed E-state index contributed by atoms with van der Waals surface area (Å²) in [5.41, 5.74) is 6.27. The second-order valence-electron chi connectivity index (χ2n) is 5.94. The number of hydrogen-bond donors (Lipinski definition) is 1. The van der Waals surface area contributed by atoms with Gasteiger partial charge in [-0.2, -0.15) is 0 Å². The number of carbonyl (C=O) groups is 1. The first-order valence-electron chi connectivity index (χ1n) is 7.17. The molecule has 0 aromatic heterocycles. The summed E-state index contributed by atoms with van der Waals surface area (Å²) in [7, 11) is 0. The van der Waals surface area contributed by atoms with Crippen molar-refractivity contribution in [1.29, 1.82) is 0 Å². The zero-order chi connectivity index (χ0) is 16.0. The molecule has 0 radical (unpaired) electrons. The molecule has 5 heteroatoms. The number of thioether (sulfide) groups is 1. The number of rotatable bonds is 7. The summed E-state index contributed by atoms with van der Waals surface area (Å²) in [4.78, 5) is 15.7. The Morgan fingerprint density at radius 3 is 2.62 bits per heavy atom. The van der Waals surface area contributed by atoms with Crippen molar-refractivity contribution in [2.24, 2.45) is 11.1 Å². The van der Waals surface area contributed by atoms with Crippen molar-refractivity contribution in [2.45, 2.75) is 32.1 Å². The molecule has 1 rings (SSSR count). The third kappa shape index (κ3) is 5.20. The molecule has 0 bridgehead atoms. The third-order valence-corrected chi connectivity index (χ3v) is 4.41. The number of halogens is 1. The molecule has 0 aliphatic heterocycles. The van der Waals surface area contributed by atoms with E-state index in [4.69, 9.17) is 17.3 Å². The molecule has 1 amide bonds. The smallest absolute Gasteiger partial charge is 0.255 e. The van der Waals surface area contributed by atoms with Gasteiger partial charge in [-0.25, -0.2) is 0 Å². The quantitative estimate of drug-likeness (QED) is 0.772. The van der Waals surface area contributed by atoms with E-state index in [2.05, 4.69) is 20.8 Å². The molecule has 0 aliphatic carbocycles. The van der Waals surface area contributed by atoms with Crippen molar-refractivity contribution >= 4 is 29.3 Å². The van der Waals surface area contributed by atoms with Crippen LogP contribution in [-0.4, -0.2) is 36.7 Å². The summed E-state index contributed by atoms with van der Waals surface area (Å²) in [6.07, 6.45) is 2.89. The minimum atomic E-state index is -0.103. The van der Waals surface area contributed by atoms with Crippen LogP contribution in [0, 0.1) is 5.41 Å². The molecule has 3 nitrogen and oxygen atoms in total. The second-order valence-corrected chi connectivity index (χ2v) is 7.23. The van der Waals surface area contributed by atoms with Gasteiger partial charge in [0.25, 0.3) is 5.91 Å². The summed E-state index contributed by atoms with van der Waals surface area (Å²) in [5, 5.41) is 0.504. The molecule has 0 fully saturated rings. The van der Waals surface area contributed by atoms with E-state index >= 15 is 0 Å². The van der Waals surface area contributed by atoms with E-state index in [0.29, 0.717) is 30.2 Å². The van der Waals surface area contributed by atoms with Crippen molar-refractivity contribution in [3.8, 4) is 0 Å². The first-order valence-corrected chi connectivity index (χ1v) is 8.77. The molecule has 1 aromatic carbocycles. The normalized spacial score (nSPS) is 11.5. The van der Waals surface area contributed by atoms with Gasteiger partial charge >= 0.3 is 0 Å². The van der Waals surface area contributed by atoms with Gasteiger partial charge in [-0.05, 0) is 42.8 Å². The van der Waals surface area contributed by atoms with Gasteiger partial charge in [0, 0.05) is 18.0 Å². The maximum Gasteiger partial charge on any atom is 0.255 e. The van der Waals surface area contributed by atoms with Gasteiger partial charge in [0.2, 0.25) is 0 Å². The zero-order valence-electron chi connectivity index (χ0n) is 13.3. The van der Waals surface area contributed by atoms with Crippen LogP contribution in [0.1, 0.15) is 37.6 Å². The average molecular weight is 329 g/mol. The molecule has 0 spiro atoms. The number of nitrogens with two attached hydrogens (primary N) is 1. The molecule has 2 N–H and O–H groups in total. The van der Waals surface area contributed by atoms with E-state index < -0.39 is 0 Å². The molecule has 0 atom stereocenters. The average Bonchev–Trinajstić information content (AvgIpc) is 2.46. The first-order chi connectivity index (χ1) is 9.84. The SMILES string of the molecule is CCCN(CC(C)(C)CN)C(=O)c1cc(SC)ccc1Cl. The molecule has 0 unspecified atom stereocenters. The second kappa shape index (κ2) is 8.06. The molecular formula is C16H25ClN2OS. The summed E-state index contributed by atoms with van der Waals surface area (Å²) < 4.78 is 0. The molecule has 1 aromatic rings. The van der Waals surface area contributed by atoms with Crippen LogP contribution >= 0.6 is 23.4 Å². The summed E-state index contributed by atoms with van der Waals surface area (Å²) in [5.74, 6) is -0.0146. The summed E-state index contributed by atoms with van der Waals surface area (Å²) in [6, 6.07) is 5.59. The first kappa shape index (κ1) is 18.3. The fourth-order valence-electron chi connectivity index (χ4n) is 2.07. The number of nitrogens with zero attached hydrogens (tertiary/aromatic N) is 1. The van der Waals surface area contributed by atoms with Gasteiger partial charge in [0.05, 0.1) is 10.6 Å². The van der Waals surface area contributed by atoms with Gasteiger partial charge in [0.15, 0.2) is 0 Å². The molecule has 21 heavy (non-hydrogen) atoms. The van der Waals surface area contributed by atoms with Crippen molar-refractivity contribution in [3.63, 3.8) is 0 Å². The Kier molecular flexibility index (Phi) is 7.04. The lowest BCUT2D eigenvalue weighted by Gasteiger charge is -2.32. The van der Waals surface area contributed by atoms with Gasteiger partial charge in [-0.1, -0.05) is 32.4 Å². The largest absolute Gasteiger partial charge is 0.338 e. The summed E-state index contributed by atoms with van der Waals surface area (Å²) >= 11 is 7.82. The highest BCUT2D eigenvalue weighted by atomic mass is 35.5. The predicted octanol–water partition coefficient (Wildman–Crippen LogP) is 3.90. The van der Waals surface area contributed by atoms with E-state index in [1.165, 1.54) is 0 Å². The minimum Gasteiger partial charge on any atom is -0.338 e. The maximum atomic E-state index is 12.8. The molecule has 0 aliphatic rings. The number of hydrogen-bond acceptors (Lipinski definition) is 3. The predicted molar refractivity (Wildman–Crippen MR) is 92.3 cm³/mol. The van der Waals surface area contributed by atoms with Crippen LogP contribution in [0.15, 0.2) is 23.1 Å². The van der Waals surface area contributed by atoms with E-state index in [9.17, 15) is 4.79 Å². The number of amides is 1. The van der Waals surface area contributed by atoms with Gasteiger partial charge in [-0.15, -0.1) is 11.8 Å². The lowest BCUT2D eigenvalue weighted by atomic mass is 9.92. The Morgan fingerprint density at radius 2 is 2.10 bits per heavy atom. The fourth-order valence-corrected chi connectivity index (χ4v) is 2.71. The maximum absolute atomic E-state index is 12.8. The van der Waals surface area contributed by atoms with Gasteiger partial charge < -0.3 is 10.6 Å². The fraction of sp³-hybridized carbons (Fsp3) is 0.562. The van der Waals surface area contributed by atoms with Gasteiger partial charge in [0.1, 0.15) is 0 Å². The van der Waals surface area contributed by atoms with Crippen LogP contribution in [0.25, 0.3) is 0 Å². The number of benzene rings is 1. The van der Waals surface area contributed by atoms with Crippen molar-refractivity contribution in [2.75, 3.05) is 25.9 Å². The lowest BCUT2D eigenvalue weighted by molar-refractivity contribution is 0.0689. The highest BCUT2D eigenvalue weighted by Crippen LogP contribution is 2.25.